The normalized spacial score (nSPS) is 14.4. The monoisotopic (exact) mass is 659 g/mol. The Labute approximate surface area is 282 Å². The lowest BCUT2D eigenvalue weighted by Gasteiger charge is -2.16. The summed E-state index contributed by atoms with van der Waals surface area (Å²) in [7, 11) is 0. The van der Waals surface area contributed by atoms with Crippen molar-refractivity contribution in [3.05, 3.63) is 122 Å². The molecule has 12 heteroatoms. The van der Waals surface area contributed by atoms with Crippen LogP contribution in [0.2, 0.25) is 0 Å². The Balaban J connectivity index is 1.24. The maximum Gasteiger partial charge on any atom is 0.311 e. The maximum atomic E-state index is 12.0. The van der Waals surface area contributed by atoms with Crippen molar-refractivity contribution in [1.82, 2.24) is 15.0 Å². The summed E-state index contributed by atoms with van der Waals surface area (Å²) in [6.45, 7) is 5.78. The van der Waals surface area contributed by atoms with Crippen LogP contribution in [0.5, 0.6) is 11.5 Å². The fraction of sp³-hybridized carbons (Fsp3) is 0.243. The van der Waals surface area contributed by atoms with E-state index < -0.39 is 4.92 Å². The number of likely N-dealkylation sites (tertiary alicyclic amines) is 1. The van der Waals surface area contributed by atoms with E-state index >= 15 is 0 Å². The molecule has 0 aliphatic carbocycles. The number of β-amino-alcohol motifs (C(OH)–C–C–N with tert-alkyl or cyclic N) is 1. The number of aliphatic hydroxyl groups is 1. The van der Waals surface area contributed by atoms with Gasteiger partial charge in [-0.05, 0) is 54.2 Å². The Morgan fingerprint density at radius 2 is 1.69 bits per heavy atom. The Morgan fingerprint density at radius 1 is 1.00 bits per heavy atom. The highest BCUT2D eigenvalue weighted by molar-refractivity contribution is 5.82. The van der Waals surface area contributed by atoms with E-state index in [1.807, 2.05) is 50.2 Å². The number of aldehydes is 1. The number of nitro benzene ring substituents is 1. The van der Waals surface area contributed by atoms with Crippen molar-refractivity contribution in [3.63, 3.8) is 0 Å². The Kier molecular flexibility index (Phi) is 9.75. The van der Waals surface area contributed by atoms with E-state index in [1.54, 1.807) is 24.3 Å². The van der Waals surface area contributed by atoms with E-state index in [2.05, 4.69) is 21.1 Å². The number of benzene rings is 4. The second kappa shape index (κ2) is 14.5. The highest BCUT2D eigenvalue weighted by Gasteiger charge is 2.24. The molecule has 0 spiro atoms. The lowest BCUT2D eigenvalue weighted by atomic mass is 9.91. The van der Waals surface area contributed by atoms with Gasteiger partial charge in [-0.1, -0.05) is 59.8 Å². The highest BCUT2D eigenvalue weighted by atomic mass is 16.6. The lowest BCUT2D eigenvalue weighted by molar-refractivity contribution is -0.386. The second-order valence-corrected chi connectivity index (χ2v) is 11.8. The first-order valence-electron chi connectivity index (χ1n) is 15.7. The molecule has 1 aromatic heterocycles. The van der Waals surface area contributed by atoms with Gasteiger partial charge in [-0.15, -0.1) is 0 Å². The number of aromatic nitrogens is 2. The van der Waals surface area contributed by atoms with E-state index in [9.17, 15) is 25.3 Å². The number of carbonyl (C=O) groups excluding carboxylic acids is 1. The maximum absolute atomic E-state index is 12.0. The van der Waals surface area contributed by atoms with Crippen LogP contribution in [0.25, 0.3) is 22.5 Å². The average Bonchev–Trinajstić information content (AvgIpc) is 3.75. The van der Waals surface area contributed by atoms with Crippen molar-refractivity contribution in [1.29, 1.82) is 5.26 Å². The molecule has 12 nitrogen and oxygen atoms in total. The van der Waals surface area contributed by atoms with Crippen molar-refractivity contribution >= 4 is 12.0 Å². The van der Waals surface area contributed by atoms with Gasteiger partial charge in [0.25, 0.3) is 0 Å². The van der Waals surface area contributed by atoms with Gasteiger partial charge in [-0.3, -0.25) is 19.8 Å². The standard InChI is InChI=1S/C37H33N5O7/c1-23-26(21-48-35-16-34(28(20-43)15-33(35)42(45)46)47-22-27-8-4-3-7-25(27)17-38)9-5-10-30(23)31-11-6-12-32(24(31)2)37-39-36(49-40-37)19-41-14-13-29(44)18-41/h3-12,15-16,20,29,44H,13-14,18-19,21-22H2,1-2H3. The zero-order valence-electron chi connectivity index (χ0n) is 27.0. The summed E-state index contributed by atoms with van der Waals surface area (Å²) in [5, 5.41) is 35.4. The summed E-state index contributed by atoms with van der Waals surface area (Å²) in [5.74, 6) is 1.01. The first-order chi connectivity index (χ1) is 23.7. The average molecular weight is 660 g/mol. The second-order valence-electron chi connectivity index (χ2n) is 11.8. The lowest BCUT2D eigenvalue weighted by Crippen LogP contribution is -2.21. The molecule has 1 atom stereocenters. The fourth-order valence-corrected chi connectivity index (χ4v) is 5.98. The van der Waals surface area contributed by atoms with Crippen LogP contribution in [0.4, 0.5) is 5.69 Å². The minimum Gasteiger partial charge on any atom is -0.488 e. The number of nitrogens with zero attached hydrogens (tertiary/aromatic N) is 5. The summed E-state index contributed by atoms with van der Waals surface area (Å²) in [4.78, 5) is 29.9. The van der Waals surface area contributed by atoms with Gasteiger partial charge < -0.3 is 19.1 Å². The number of nitro groups is 1. The number of ether oxygens (including phenoxy) is 2. The van der Waals surface area contributed by atoms with E-state index in [0.717, 1.165) is 52.4 Å². The van der Waals surface area contributed by atoms with Gasteiger partial charge in [0.2, 0.25) is 17.5 Å². The Bertz CT molecular complexity index is 2070. The van der Waals surface area contributed by atoms with E-state index in [0.29, 0.717) is 42.2 Å². The van der Waals surface area contributed by atoms with E-state index in [1.165, 1.54) is 6.07 Å². The van der Waals surface area contributed by atoms with Crippen molar-refractivity contribution in [3.8, 4) is 40.1 Å². The van der Waals surface area contributed by atoms with Crippen molar-refractivity contribution in [2.24, 2.45) is 0 Å². The third kappa shape index (κ3) is 7.18. The molecule has 2 heterocycles. The minimum atomic E-state index is -0.604. The first kappa shape index (κ1) is 33.0. The quantitative estimate of drug-likeness (QED) is 0.0903. The topological polar surface area (TPSA) is 165 Å². The molecule has 1 unspecified atom stereocenters. The third-order valence-corrected chi connectivity index (χ3v) is 8.70. The number of hydrogen-bond donors (Lipinski definition) is 1. The van der Waals surface area contributed by atoms with Gasteiger partial charge >= 0.3 is 5.69 Å². The van der Waals surface area contributed by atoms with Gasteiger partial charge in [0, 0.05) is 36.3 Å². The molecule has 0 radical (unpaired) electrons. The predicted octanol–water partition coefficient (Wildman–Crippen LogP) is 6.34. The van der Waals surface area contributed by atoms with Gasteiger partial charge in [0.15, 0.2) is 6.29 Å². The van der Waals surface area contributed by atoms with Crippen LogP contribution < -0.4 is 9.47 Å². The summed E-state index contributed by atoms with van der Waals surface area (Å²) < 4.78 is 17.4. The highest BCUT2D eigenvalue weighted by Crippen LogP contribution is 2.37. The summed E-state index contributed by atoms with van der Waals surface area (Å²) in [6, 6.07) is 23.1. The van der Waals surface area contributed by atoms with Crippen molar-refractivity contribution in [2.75, 3.05) is 13.1 Å². The number of rotatable bonds is 12. The third-order valence-electron chi connectivity index (χ3n) is 8.70. The zero-order chi connectivity index (χ0) is 34.5. The molecule has 6 rings (SSSR count). The molecular weight excluding hydrogens is 626 g/mol. The summed E-state index contributed by atoms with van der Waals surface area (Å²) >= 11 is 0. The molecule has 1 N–H and O–H groups in total. The zero-order valence-corrected chi connectivity index (χ0v) is 27.0. The molecule has 0 bridgehead atoms. The van der Waals surface area contributed by atoms with Gasteiger partial charge in [0.05, 0.1) is 34.8 Å². The van der Waals surface area contributed by atoms with Crippen LogP contribution in [0.15, 0.2) is 77.3 Å². The smallest absolute Gasteiger partial charge is 0.311 e. The molecule has 0 amide bonds. The molecule has 1 aliphatic heterocycles. The van der Waals surface area contributed by atoms with Crippen molar-refractivity contribution in [2.45, 2.75) is 46.1 Å². The molecule has 1 saturated heterocycles. The molecule has 4 aromatic carbocycles. The van der Waals surface area contributed by atoms with Crippen molar-refractivity contribution < 1.29 is 28.8 Å². The number of hydrogen-bond acceptors (Lipinski definition) is 11. The molecule has 248 valence electrons. The largest absolute Gasteiger partial charge is 0.488 e. The summed E-state index contributed by atoms with van der Waals surface area (Å²) in [6.07, 6.45) is 0.880. The first-order valence-corrected chi connectivity index (χ1v) is 15.7. The van der Waals surface area contributed by atoms with E-state index in [-0.39, 0.29) is 42.1 Å². The number of aliphatic hydroxyl groups excluding tert-OH is 1. The SMILES string of the molecule is Cc1c(COc2cc(OCc3ccccc3C#N)c(C=O)cc2[N+](=O)[O-])cccc1-c1cccc(-c2noc(CN3CCC(O)C3)n2)c1C. The van der Waals surface area contributed by atoms with Crippen LogP contribution in [-0.2, 0) is 19.8 Å². The van der Waals surface area contributed by atoms with Crippen LogP contribution in [0.1, 0.15) is 50.5 Å². The van der Waals surface area contributed by atoms with E-state index in [4.69, 9.17) is 14.0 Å². The van der Waals surface area contributed by atoms with Gasteiger partial charge in [-0.2, -0.15) is 10.2 Å². The van der Waals surface area contributed by atoms with Crippen LogP contribution in [0, 0.1) is 35.3 Å². The summed E-state index contributed by atoms with van der Waals surface area (Å²) in [5.41, 5.74) is 6.05. The Hall–Kier alpha value is -5.90. The fourth-order valence-electron chi connectivity index (χ4n) is 5.98. The van der Waals surface area contributed by atoms with Crippen LogP contribution in [0.3, 0.4) is 0 Å². The van der Waals surface area contributed by atoms with Gasteiger partial charge in [-0.25, -0.2) is 0 Å². The van der Waals surface area contributed by atoms with Crippen LogP contribution >= 0.6 is 0 Å². The molecule has 5 aromatic rings. The molecule has 1 fully saturated rings. The molecule has 1 aliphatic rings. The van der Waals surface area contributed by atoms with Crippen LogP contribution in [-0.4, -0.2) is 50.6 Å². The number of nitriles is 1. The number of carbonyl (C=O) groups is 1. The molecule has 0 saturated carbocycles. The molecule has 49 heavy (non-hydrogen) atoms. The minimum absolute atomic E-state index is 0.00871. The molecular formula is C37H33N5O7. The predicted molar refractivity (Wildman–Crippen MR) is 179 cm³/mol. The van der Waals surface area contributed by atoms with Gasteiger partial charge in [0.1, 0.15) is 19.0 Å². The Morgan fingerprint density at radius 3 is 2.43 bits per heavy atom.